The molecule has 0 spiro atoms. The Balaban J connectivity index is 1.50. The molecule has 3 aromatic carbocycles. The van der Waals surface area contributed by atoms with Gasteiger partial charge in [-0.2, -0.15) is 5.10 Å². The van der Waals surface area contributed by atoms with Gasteiger partial charge in [-0.1, -0.05) is 36.4 Å². The fraction of sp³-hybridized carbons (Fsp3) is 0.148. The number of nitrogens with zero attached hydrogens (tertiary/aromatic N) is 4. The Labute approximate surface area is 202 Å². The van der Waals surface area contributed by atoms with Crippen LogP contribution in [0.5, 0.6) is 11.5 Å². The van der Waals surface area contributed by atoms with Gasteiger partial charge in [-0.05, 0) is 42.0 Å². The van der Waals surface area contributed by atoms with E-state index >= 15 is 0 Å². The molecule has 1 amide bonds. The van der Waals surface area contributed by atoms with E-state index in [0.717, 1.165) is 28.1 Å². The van der Waals surface area contributed by atoms with E-state index in [1.54, 1.807) is 18.9 Å². The summed E-state index contributed by atoms with van der Waals surface area (Å²) >= 11 is 0. The highest BCUT2D eigenvalue weighted by molar-refractivity contribution is 5.99. The van der Waals surface area contributed by atoms with Crippen LogP contribution in [0.25, 0.3) is 27.8 Å². The summed E-state index contributed by atoms with van der Waals surface area (Å²) in [4.78, 5) is 18.0. The molecule has 0 saturated carbocycles. The first-order valence-electron chi connectivity index (χ1n) is 11.1. The summed E-state index contributed by atoms with van der Waals surface area (Å²) < 4.78 is 14.5. The summed E-state index contributed by atoms with van der Waals surface area (Å²) in [6.45, 7) is 0.271. The molecule has 0 aliphatic heterocycles. The molecule has 8 nitrogen and oxygen atoms in total. The van der Waals surface area contributed by atoms with Gasteiger partial charge in [-0.25, -0.2) is 9.67 Å². The van der Waals surface area contributed by atoms with Crippen LogP contribution >= 0.6 is 0 Å². The van der Waals surface area contributed by atoms with Gasteiger partial charge in [0, 0.05) is 18.8 Å². The Kier molecular flexibility index (Phi) is 5.93. The Morgan fingerprint density at radius 1 is 0.943 bits per heavy atom. The molecule has 5 rings (SSSR count). The second kappa shape index (κ2) is 9.34. The van der Waals surface area contributed by atoms with Gasteiger partial charge < -0.3 is 19.4 Å². The predicted molar refractivity (Wildman–Crippen MR) is 134 cm³/mol. The van der Waals surface area contributed by atoms with Crippen molar-refractivity contribution in [3.63, 3.8) is 0 Å². The summed E-state index contributed by atoms with van der Waals surface area (Å²) in [6, 6.07) is 23.1. The number of benzene rings is 3. The SMILES string of the molecule is COc1ccc(-c2cn(-c3ccccc3)nc2C(=O)NCc2nc3ccccc3n2C)cc1OC. The van der Waals surface area contributed by atoms with Gasteiger partial charge in [-0.15, -0.1) is 0 Å². The number of aromatic nitrogens is 4. The summed E-state index contributed by atoms with van der Waals surface area (Å²) in [7, 11) is 5.11. The maximum atomic E-state index is 13.4. The standard InChI is InChI=1S/C27H25N5O3/c1-31-22-12-8-7-11-21(22)29-25(31)16-28-27(33)26-20(17-32(30-26)19-9-5-4-6-10-19)18-13-14-23(34-2)24(15-18)35-3/h4-15,17H,16H2,1-3H3,(H,28,33). The zero-order valence-electron chi connectivity index (χ0n) is 19.7. The van der Waals surface area contributed by atoms with Crippen LogP contribution in [-0.4, -0.2) is 39.5 Å². The van der Waals surface area contributed by atoms with E-state index in [0.29, 0.717) is 22.8 Å². The van der Waals surface area contributed by atoms with Crippen molar-refractivity contribution in [2.24, 2.45) is 7.05 Å². The zero-order valence-corrected chi connectivity index (χ0v) is 19.7. The maximum Gasteiger partial charge on any atom is 0.272 e. The number of nitrogens with one attached hydrogen (secondary N) is 1. The summed E-state index contributed by atoms with van der Waals surface area (Å²) in [5, 5.41) is 7.63. The van der Waals surface area contributed by atoms with E-state index in [4.69, 9.17) is 9.47 Å². The molecule has 8 heteroatoms. The Morgan fingerprint density at radius 3 is 2.43 bits per heavy atom. The van der Waals surface area contributed by atoms with Crippen LogP contribution in [-0.2, 0) is 13.6 Å². The van der Waals surface area contributed by atoms with E-state index in [-0.39, 0.29) is 12.5 Å². The van der Waals surface area contributed by atoms with Crippen molar-refractivity contribution in [2.75, 3.05) is 14.2 Å². The van der Waals surface area contributed by atoms with Crippen LogP contribution in [0.1, 0.15) is 16.3 Å². The van der Waals surface area contributed by atoms with Crippen molar-refractivity contribution < 1.29 is 14.3 Å². The maximum absolute atomic E-state index is 13.4. The van der Waals surface area contributed by atoms with E-state index in [2.05, 4.69) is 15.4 Å². The second-order valence-corrected chi connectivity index (χ2v) is 8.00. The fourth-order valence-corrected chi connectivity index (χ4v) is 4.07. The minimum atomic E-state index is -0.295. The van der Waals surface area contributed by atoms with Crippen LogP contribution in [0.3, 0.4) is 0 Å². The Hall–Kier alpha value is -4.59. The molecule has 2 heterocycles. The summed E-state index contributed by atoms with van der Waals surface area (Å²) in [5.74, 6) is 1.65. The molecule has 35 heavy (non-hydrogen) atoms. The molecule has 0 unspecified atom stereocenters. The number of para-hydroxylation sites is 3. The Bertz CT molecular complexity index is 1500. The minimum Gasteiger partial charge on any atom is -0.493 e. The van der Waals surface area contributed by atoms with Crippen molar-refractivity contribution in [1.29, 1.82) is 0 Å². The van der Waals surface area contributed by atoms with Gasteiger partial charge in [0.2, 0.25) is 0 Å². The first-order valence-corrected chi connectivity index (χ1v) is 11.1. The first kappa shape index (κ1) is 22.2. The number of rotatable bonds is 7. The van der Waals surface area contributed by atoms with Gasteiger partial charge in [0.05, 0.1) is 37.5 Å². The smallest absolute Gasteiger partial charge is 0.272 e. The van der Waals surface area contributed by atoms with Crippen molar-refractivity contribution >= 4 is 16.9 Å². The van der Waals surface area contributed by atoms with Gasteiger partial charge in [0.25, 0.3) is 5.91 Å². The molecule has 0 aliphatic carbocycles. The molecule has 176 valence electrons. The van der Waals surface area contributed by atoms with Crippen LogP contribution in [0, 0.1) is 0 Å². The molecule has 0 fully saturated rings. The molecule has 0 saturated heterocycles. The van der Waals surface area contributed by atoms with Crippen molar-refractivity contribution in [1.82, 2.24) is 24.6 Å². The Morgan fingerprint density at radius 2 is 1.69 bits per heavy atom. The molecule has 0 bridgehead atoms. The highest BCUT2D eigenvalue weighted by atomic mass is 16.5. The average molecular weight is 468 g/mol. The molecule has 0 radical (unpaired) electrons. The van der Waals surface area contributed by atoms with Crippen LogP contribution in [0.15, 0.2) is 79.0 Å². The largest absolute Gasteiger partial charge is 0.493 e. The highest BCUT2D eigenvalue weighted by Gasteiger charge is 2.21. The predicted octanol–water partition coefficient (Wildman–Crippen LogP) is 4.37. The molecule has 2 aromatic heterocycles. The summed E-state index contributed by atoms with van der Waals surface area (Å²) in [6.07, 6.45) is 1.85. The fourth-order valence-electron chi connectivity index (χ4n) is 4.07. The number of carbonyl (C=O) groups is 1. The minimum absolute atomic E-state index is 0.271. The third kappa shape index (κ3) is 4.21. The topological polar surface area (TPSA) is 83.2 Å². The van der Waals surface area contributed by atoms with Crippen LogP contribution in [0.2, 0.25) is 0 Å². The average Bonchev–Trinajstić information content (AvgIpc) is 3.49. The quantitative estimate of drug-likeness (QED) is 0.384. The van der Waals surface area contributed by atoms with Gasteiger partial charge in [0.15, 0.2) is 17.2 Å². The van der Waals surface area contributed by atoms with Crippen molar-refractivity contribution in [3.05, 3.63) is 90.5 Å². The molecular weight excluding hydrogens is 442 g/mol. The highest BCUT2D eigenvalue weighted by Crippen LogP contribution is 2.34. The number of aryl methyl sites for hydroxylation is 1. The van der Waals surface area contributed by atoms with Crippen molar-refractivity contribution in [2.45, 2.75) is 6.54 Å². The first-order chi connectivity index (χ1) is 17.1. The lowest BCUT2D eigenvalue weighted by atomic mass is 10.1. The number of methoxy groups -OCH3 is 2. The second-order valence-electron chi connectivity index (χ2n) is 8.00. The van der Waals surface area contributed by atoms with E-state index < -0.39 is 0 Å². The lowest BCUT2D eigenvalue weighted by Crippen LogP contribution is -2.25. The lowest BCUT2D eigenvalue weighted by Gasteiger charge is -2.10. The van der Waals surface area contributed by atoms with Crippen LogP contribution < -0.4 is 14.8 Å². The molecule has 0 aliphatic rings. The number of hydrogen-bond acceptors (Lipinski definition) is 5. The third-order valence-corrected chi connectivity index (χ3v) is 5.93. The molecule has 0 atom stereocenters. The number of carbonyl (C=O) groups excluding carboxylic acids is 1. The van der Waals surface area contributed by atoms with Crippen molar-refractivity contribution in [3.8, 4) is 28.3 Å². The zero-order chi connectivity index (χ0) is 24.4. The monoisotopic (exact) mass is 467 g/mol. The number of amides is 1. The molecule has 5 aromatic rings. The normalized spacial score (nSPS) is 10.9. The number of imidazole rings is 1. The summed E-state index contributed by atoms with van der Waals surface area (Å²) in [5.41, 5.74) is 4.52. The van der Waals surface area contributed by atoms with E-state index in [9.17, 15) is 4.79 Å². The number of hydrogen-bond donors (Lipinski definition) is 1. The van der Waals surface area contributed by atoms with E-state index in [1.165, 1.54) is 0 Å². The van der Waals surface area contributed by atoms with Gasteiger partial charge >= 0.3 is 0 Å². The van der Waals surface area contributed by atoms with Gasteiger partial charge in [0.1, 0.15) is 5.82 Å². The van der Waals surface area contributed by atoms with E-state index in [1.807, 2.05) is 90.6 Å². The van der Waals surface area contributed by atoms with Gasteiger partial charge in [-0.3, -0.25) is 4.79 Å². The molecule has 1 N–H and O–H groups in total. The number of ether oxygens (including phenoxy) is 2. The number of fused-ring (bicyclic) bond motifs is 1. The lowest BCUT2D eigenvalue weighted by molar-refractivity contribution is 0.0945. The van der Waals surface area contributed by atoms with Crippen LogP contribution in [0.4, 0.5) is 0 Å². The third-order valence-electron chi connectivity index (χ3n) is 5.93. The molecular formula is C27H25N5O3.